The van der Waals surface area contributed by atoms with Gasteiger partial charge in [-0.1, -0.05) is 30.3 Å². The van der Waals surface area contributed by atoms with Gasteiger partial charge in [0.1, 0.15) is 0 Å². The van der Waals surface area contributed by atoms with Crippen molar-refractivity contribution in [2.45, 2.75) is 52.6 Å². The van der Waals surface area contributed by atoms with Crippen LogP contribution < -0.4 is 5.32 Å². The Bertz CT molecular complexity index is 720. The van der Waals surface area contributed by atoms with Crippen molar-refractivity contribution in [3.8, 4) is 0 Å². The Morgan fingerprint density at radius 3 is 2.58 bits per heavy atom. The number of aromatic nitrogens is 1. The number of rotatable bonds is 6. The second-order valence-electron chi connectivity index (χ2n) is 7.37. The standard InChI is InChI=1S/C21H29N3OS/c1-15(21-16(2)26-17(3)23-21)22-20(25)13-18-9-11-24(12-10-18)14-19-7-5-4-6-8-19/h4-8,15,18H,9-14H2,1-3H3,(H,22,25)/t15-/m1/s1. The first-order chi connectivity index (χ1) is 12.5. The number of benzene rings is 1. The van der Waals surface area contributed by atoms with Gasteiger partial charge in [-0.2, -0.15) is 0 Å². The Morgan fingerprint density at radius 1 is 1.27 bits per heavy atom. The summed E-state index contributed by atoms with van der Waals surface area (Å²) < 4.78 is 0. The molecule has 26 heavy (non-hydrogen) atoms. The van der Waals surface area contributed by atoms with Crippen molar-refractivity contribution in [1.82, 2.24) is 15.2 Å². The lowest BCUT2D eigenvalue weighted by molar-refractivity contribution is -0.123. The van der Waals surface area contributed by atoms with Crippen LogP contribution in [0.25, 0.3) is 0 Å². The molecule has 0 unspecified atom stereocenters. The van der Waals surface area contributed by atoms with Crippen LogP contribution in [-0.2, 0) is 11.3 Å². The van der Waals surface area contributed by atoms with Crippen molar-refractivity contribution in [2.75, 3.05) is 13.1 Å². The van der Waals surface area contributed by atoms with Crippen LogP contribution in [0.4, 0.5) is 0 Å². The molecule has 1 aromatic heterocycles. The molecular weight excluding hydrogens is 342 g/mol. The fraction of sp³-hybridized carbons (Fsp3) is 0.524. The van der Waals surface area contributed by atoms with Crippen LogP contribution in [-0.4, -0.2) is 28.9 Å². The number of thiazole rings is 1. The lowest BCUT2D eigenvalue weighted by Crippen LogP contribution is -2.36. The molecule has 1 aromatic carbocycles. The van der Waals surface area contributed by atoms with E-state index in [9.17, 15) is 4.79 Å². The molecular formula is C21H29N3OS. The summed E-state index contributed by atoms with van der Waals surface area (Å²) in [5.74, 6) is 0.650. The summed E-state index contributed by atoms with van der Waals surface area (Å²) in [6.07, 6.45) is 2.83. The first kappa shape index (κ1) is 19.1. The molecule has 1 atom stereocenters. The normalized spacial score (nSPS) is 17.2. The summed E-state index contributed by atoms with van der Waals surface area (Å²) in [5, 5.41) is 4.20. The van der Waals surface area contributed by atoms with Crippen LogP contribution in [0.2, 0.25) is 0 Å². The molecule has 2 heterocycles. The molecule has 1 aliphatic heterocycles. The van der Waals surface area contributed by atoms with Gasteiger partial charge in [0.15, 0.2) is 0 Å². The number of likely N-dealkylation sites (tertiary alicyclic amines) is 1. The number of carbonyl (C=O) groups is 1. The van der Waals surface area contributed by atoms with E-state index in [1.807, 2.05) is 13.8 Å². The van der Waals surface area contributed by atoms with Gasteiger partial charge in [-0.3, -0.25) is 9.69 Å². The second kappa shape index (κ2) is 8.78. The second-order valence-corrected chi connectivity index (χ2v) is 8.78. The van der Waals surface area contributed by atoms with Gasteiger partial charge < -0.3 is 5.32 Å². The minimum atomic E-state index is -0.00869. The van der Waals surface area contributed by atoms with Gasteiger partial charge in [0, 0.05) is 17.8 Å². The largest absolute Gasteiger partial charge is 0.348 e. The van der Waals surface area contributed by atoms with Crippen molar-refractivity contribution in [2.24, 2.45) is 5.92 Å². The third-order valence-corrected chi connectivity index (χ3v) is 6.06. The first-order valence-electron chi connectivity index (χ1n) is 9.51. The fourth-order valence-electron chi connectivity index (χ4n) is 3.77. The summed E-state index contributed by atoms with van der Waals surface area (Å²) in [4.78, 5) is 20.7. The minimum Gasteiger partial charge on any atom is -0.348 e. The number of piperidine rings is 1. The molecule has 1 saturated heterocycles. The highest BCUT2D eigenvalue weighted by molar-refractivity contribution is 7.11. The van der Waals surface area contributed by atoms with Crippen LogP contribution in [0.15, 0.2) is 30.3 Å². The molecule has 1 amide bonds. The third-order valence-electron chi connectivity index (χ3n) is 5.16. The van der Waals surface area contributed by atoms with Crippen molar-refractivity contribution in [1.29, 1.82) is 0 Å². The summed E-state index contributed by atoms with van der Waals surface area (Å²) in [6.45, 7) is 9.28. The molecule has 0 aliphatic carbocycles. The maximum Gasteiger partial charge on any atom is 0.220 e. The average Bonchev–Trinajstić information content (AvgIpc) is 2.96. The molecule has 1 N–H and O–H groups in total. The van der Waals surface area contributed by atoms with E-state index >= 15 is 0 Å². The zero-order valence-electron chi connectivity index (χ0n) is 16.0. The summed E-state index contributed by atoms with van der Waals surface area (Å²) in [7, 11) is 0. The molecule has 4 nitrogen and oxygen atoms in total. The van der Waals surface area contributed by atoms with Crippen molar-refractivity contribution in [3.05, 3.63) is 51.5 Å². The molecule has 1 aliphatic rings. The van der Waals surface area contributed by atoms with Gasteiger partial charge in [-0.05, 0) is 58.2 Å². The van der Waals surface area contributed by atoms with Gasteiger partial charge >= 0.3 is 0 Å². The lowest BCUT2D eigenvalue weighted by Gasteiger charge is -2.31. The Morgan fingerprint density at radius 2 is 1.96 bits per heavy atom. The highest BCUT2D eigenvalue weighted by Gasteiger charge is 2.23. The molecule has 0 bridgehead atoms. The Kier molecular flexibility index (Phi) is 6.43. The molecule has 1 fully saturated rings. The zero-order chi connectivity index (χ0) is 18.5. The van der Waals surface area contributed by atoms with E-state index in [1.165, 1.54) is 10.4 Å². The van der Waals surface area contributed by atoms with Crippen LogP contribution in [0, 0.1) is 19.8 Å². The molecule has 140 valence electrons. The maximum atomic E-state index is 12.4. The molecule has 5 heteroatoms. The molecule has 0 radical (unpaired) electrons. The smallest absolute Gasteiger partial charge is 0.220 e. The zero-order valence-corrected chi connectivity index (χ0v) is 16.8. The van der Waals surface area contributed by atoms with Crippen LogP contribution in [0.3, 0.4) is 0 Å². The lowest BCUT2D eigenvalue weighted by atomic mass is 9.93. The maximum absolute atomic E-state index is 12.4. The van der Waals surface area contributed by atoms with Gasteiger partial charge in [0.05, 0.1) is 16.7 Å². The summed E-state index contributed by atoms with van der Waals surface area (Å²) >= 11 is 1.69. The third kappa shape index (κ3) is 5.15. The number of hydrogen-bond donors (Lipinski definition) is 1. The molecule has 2 aromatic rings. The Labute approximate surface area is 160 Å². The van der Waals surface area contributed by atoms with Crippen LogP contribution >= 0.6 is 11.3 Å². The first-order valence-corrected chi connectivity index (χ1v) is 10.3. The van der Waals surface area contributed by atoms with E-state index in [-0.39, 0.29) is 11.9 Å². The number of nitrogens with one attached hydrogen (secondary N) is 1. The fourth-order valence-corrected chi connectivity index (χ4v) is 4.68. The van der Waals surface area contributed by atoms with E-state index in [0.717, 1.165) is 43.2 Å². The van der Waals surface area contributed by atoms with E-state index in [2.05, 4.69) is 52.5 Å². The Balaban J connectivity index is 1.42. The highest BCUT2D eigenvalue weighted by Crippen LogP contribution is 2.24. The van der Waals surface area contributed by atoms with Gasteiger partial charge in [0.25, 0.3) is 0 Å². The number of nitrogens with zero attached hydrogens (tertiary/aromatic N) is 2. The van der Waals surface area contributed by atoms with Crippen molar-refractivity contribution < 1.29 is 4.79 Å². The Hall–Kier alpha value is -1.72. The van der Waals surface area contributed by atoms with Gasteiger partial charge in [-0.25, -0.2) is 4.98 Å². The number of carbonyl (C=O) groups excluding carboxylic acids is 1. The predicted molar refractivity (Wildman–Crippen MR) is 107 cm³/mol. The van der Waals surface area contributed by atoms with Crippen LogP contribution in [0.1, 0.15) is 53.4 Å². The van der Waals surface area contributed by atoms with E-state index in [4.69, 9.17) is 0 Å². The molecule has 3 rings (SSSR count). The van der Waals surface area contributed by atoms with Crippen molar-refractivity contribution >= 4 is 17.2 Å². The van der Waals surface area contributed by atoms with Crippen LogP contribution in [0.5, 0.6) is 0 Å². The number of hydrogen-bond acceptors (Lipinski definition) is 4. The quantitative estimate of drug-likeness (QED) is 0.826. The monoisotopic (exact) mass is 371 g/mol. The average molecular weight is 372 g/mol. The van der Waals surface area contributed by atoms with Gasteiger partial charge in [-0.15, -0.1) is 11.3 Å². The minimum absolute atomic E-state index is 0.00869. The number of aryl methyl sites for hydroxylation is 2. The summed E-state index contributed by atoms with van der Waals surface area (Å²) in [6, 6.07) is 10.6. The van der Waals surface area contributed by atoms with E-state index in [0.29, 0.717) is 12.3 Å². The van der Waals surface area contributed by atoms with E-state index < -0.39 is 0 Å². The van der Waals surface area contributed by atoms with Crippen molar-refractivity contribution in [3.63, 3.8) is 0 Å². The van der Waals surface area contributed by atoms with E-state index in [1.54, 1.807) is 11.3 Å². The molecule has 0 spiro atoms. The predicted octanol–water partition coefficient (Wildman–Crippen LogP) is 4.24. The number of amides is 1. The van der Waals surface area contributed by atoms with Gasteiger partial charge in [0.2, 0.25) is 5.91 Å². The molecule has 0 saturated carbocycles. The summed E-state index contributed by atoms with van der Waals surface area (Å²) in [5.41, 5.74) is 2.38. The SMILES string of the molecule is Cc1nc([C@@H](C)NC(=O)CC2CCN(Cc3ccccc3)CC2)c(C)s1. The highest BCUT2D eigenvalue weighted by atomic mass is 32.1. The topological polar surface area (TPSA) is 45.2 Å².